The molecule has 1 amide bonds. The molecule has 0 radical (unpaired) electrons. The molecule has 2 heterocycles. The van der Waals surface area contributed by atoms with Gasteiger partial charge in [0.25, 0.3) is 0 Å². The number of rotatable bonds is 7. The highest BCUT2D eigenvalue weighted by atomic mass is 35.5. The molecule has 33 heavy (non-hydrogen) atoms. The van der Waals surface area contributed by atoms with Gasteiger partial charge in [-0.25, -0.2) is 14.2 Å². The van der Waals surface area contributed by atoms with E-state index in [1.165, 1.54) is 54.7 Å². The van der Waals surface area contributed by atoms with Crippen molar-refractivity contribution in [2.24, 2.45) is 0 Å². The smallest absolute Gasteiger partial charge is 0.335 e. The Labute approximate surface area is 190 Å². The average Bonchev–Trinajstić information content (AvgIpc) is 3.27. The third-order valence-corrected chi connectivity index (χ3v) is 4.40. The van der Waals surface area contributed by atoms with E-state index in [9.17, 15) is 14.0 Å². The van der Waals surface area contributed by atoms with E-state index in [0.29, 0.717) is 17.1 Å². The van der Waals surface area contributed by atoms with Gasteiger partial charge >= 0.3 is 23.8 Å². The van der Waals surface area contributed by atoms with Crippen LogP contribution in [0, 0.1) is 5.82 Å². The van der Waals surface area contributed by atoms with Gasteiger partial charge < -0.3 is 24.9 Å². The number of amides is 1. The molecule has 12 heteroatoms. The molecule has 4 rings (SSSR count). The van der Waals surface area contributed by atoms with Gasteiger partial charge in [-0.15, -0.1) is 5.10 Å². The zero-order valence-electron chi connectivity index (χ0n) is 16.5. The summed E-state index contributed by atoms with van der Waals surface area (Å²) in [5.41, 5.74) is 0.871. The van der Waals surface area contributed by atoms with Crippen molar-refractivity contribution < 1.29 is 28.2 Å². The maximum atomic E-state index is 13.2. The van der Waals surface area contributed by atoms with Crippen molar-refractivity contribution in [2.45, 2.75) is 0 Å². The number of anilines is 3. The van der Waals surface area contributed by atoms with Gasteiger partial charge in [-0.2, -0.15) is 0 Å². The minimum absolute atomic E-state index is 0.0846. The highest BCUT2D eigenvalue weighted by Gasteiger charge is 2.16. The fourth-order valence-corrected chi connectivity index (χ4v) is 2.73. The number of nitrogens with zero attached hydrogens (tertiary/aromatic N) is 3. The lowest BCUT2D eigenvalue weighted by Crippen LogP contribution is -2.12. The quantitative estimate of drug-likeness (QED) is 0.350. The highest BCUT2D eigenvalue weighted by Crippen LogP contribution is 2.23. The summed E-state index contributed by atoms with van der Waals surface area (Å²) in [6.07, 6.45) is 1.36. The number of aromatic nitrogens is 3. The second kappa shape index (κ2) is 9.32. The number of ether oxygens (including phenoxy) is 1. The zero-order valence-corrected chi connectivity index (χ0v) is 17.2. The van der Waals surface area contributed by atoms with Gasteiger partial charge in [-0.1, -0.05) is 16.7 Å². The number of pyridine rings is 1. The molecular formula is C21H13ClFN5O5. The first-order valence-electron chi connectivity index (χ1n) is 9.21. The molecule has 0 bridgehead atoms. The van der Waals surface area contributed by atoms with Crippen molar-refractivity contribution in [3.05, 3.63) is 83.1 Å². The van der Waals surface area contributed by atoms with E-state index in [1.807, 2.05) is 0 Å². The van der Waals surface area contributed by atoms with Crippen molar-refractivity contribution in [3.8, 4) is 11.6 Å². The number of aromatic carboxylic acids is 1. The molecule has 0 saturated heterocycles. The fourth-order valence-electron chi connectivity index (χ4n) is 2.55. The first kappa shape index (κ1) is 21.7. The normalized spacial score (nSPS) is 10.5. The van der Waals surface area contributed by atoms with E-state index in [4.69, 9.17) is 25.9 Å². The van der Waals surface area contributed by atoms with E-state index in [-0.39, 0.29) is 28.4 Å². The largest absolute Gasteiger partial charge is 0.478 e. The number of halogens is 2. The van der Waals surface area contributed by atoms with Crippen LogP contribution in [0.5, 0.6) is 11.6 Å². The second-order valence-corrected chi connectivity index (χ2v) is 6.84. The molecule has 0 spiro atoms. The third-order valence-electron chi connectivity index (χ3n) is 4.11. The molecule has 4 aromatic rings. The van der Waals surface area contributed by atoms with Gasteiger partial charge in [0.2, 0.25) is 5.88 Å². The van der Waals surface area contributed by atoms with Crippen LogP contribution >= 0.6 is 11.6 Å². The number of carbonyl (C=O) groups is 2. The summed E-state index contributed by atoms with van der Waals surface area (Å²) in [6, 6.07) is 12.7. The topological polar surface area (TPSA) is 139 Å². The van der Waals surface area contributed by atoms with Gasteiger partial charge in [0.15, 0.2) is 0 Å². The number of carboxylic acid groups (broad SMARTS) is 1. The summed E-state index contributed by atoms with van der Waals surface area (Å²) in [5.74, 6) is -1.97. The molecule has 2 aromatic heterocycles. The second-order valence-electron chi connectivity index (χ2n) is 6.44. The summed E-state index contributed by atoms with van der Waals surface area (Å²) in [6.45, 7) is 0. The molecule has 0 aliphatic heterocycles. The van der Waals surface area contributed by atoms with Gasteiger partial charge in [-0.05, 0) is 48.5 Å². The Bertz CT molecular complexity index is 1310. The Balaban J connectivity index is 1.35. The predicted molar refractivity (Wildman–Crippen MR) is 115 cm³/mol. The Morgan fingerprint density at radius 2 is 1.79 bits per heavy atom. The molecule has 0 unspecified atom stereocenters. The highest BCUT2D eigenvalue weighted by molar-refractivity contribution is 6.31. The molecule has 0 saturated carbocycles. The summed E-state index contributed by atoms with van der Waals surface area (Å²) < 4.78 is 24.0. The maximum Gasteiger partial charge on any atom is 0.335 e. The molecule has 10 nitrogen and oxygen atoms in total. The Hall–Kier alpha value is -4.51. The molecule has 166 valence electrons. The van der Waals surface area contributed by atoms with Crippen LogP contribution < -0.4 is 15.4 Å². The lowest BCUT2D eigenvalue weighted by molar-refractivity contribution is 0.0696. The lowest BCUT2D eigenvalue weighted by Gasteiger charge is -2.06. The molecular weight excluding hydrogens is 457 g/mol. The van der Waals surface area contributed by atoms with E-state index in [1.54, 1.807) is 6.07 Å². The predicted octanol–water partition coefficient (Wildman–Crippen LogP) is 4.74. The van der Waals surface area contributed by atoms with Crippen molar-refractivity contribution in [1.29, 1.82) is 0 Å². The zero-order chi connectivity index (χ0) is 23.4. The van der Waals surface area contributed by atoms with Gasteiger partial charge in [0, 0.05) is 11.8 Å². The van der Waals surface area contributed by atoms with Crippen LogP contribution in [0.15, 0.2) is 65.2 Å². The average molecular weight is 470 g/mol. The minimum atomic E-state index is -1.04. The van der Waals surface area contributed by atoms with Crippen molar-refractivity contribution in [2.75, 3.05) is 10.6 Å². The number of carboxylic acids is 1. The minimum Gasteiger partial charge on any atom is -0.478 e. The first-order chi connectivity index (χ1) is 15.9. The molecule has 0 aliphatic carbocycles. The Morgan fingerprint density at radius 3 is 2.45 bits per heavy atom. The lowest BCUT2D eigenvalue weighted by atomic mass is 10.2. The van der Waals surface area contributed by atoms with Crippen LogP contribution in [0.25, 0.3) is 0 Å². The monoisotopic (exact) mass is 469 g/mol. The number of hydrogen-bond donors (Lipinski definition) is 3. The maximum absolute atomic E-state index is 13.2. The molecule has 3 N–H and O–H groups in total. The van der Waals surface area contributed by atoms with Crippen LogP contribution in [0.1, 0.15) is 21.0 Å². The molecule has 2 aromatic carbocycles. The van der Waals surface area contributed by atoms with Crippen molar-refractivity contribution in [3.63, 3.8) is 0 Å². The van der Waals surface area contributed by atoms with Gasteiger partial charge in [0.1, 0.15) is 11.6 Å². The van der Waals surface area contributed by atoms with Crippen LogP contribution in [0.2, 0.25) is 5.02 Å². The van der Waals surface area contributed by atoms with Gasteiger partial charge in [-0.3, -0.25) is 4.79 Å². The molecule has 0 fully saturated rings. The van der Waals surface area contributed by atoms with E-state index in [0.717, 1.165) is 0 Å². The fraction of sp³-hybridized carbons (Fsp3) is 0. The van der Waals surface area contributed by atoms with Crippen LogP contribution in [-0.2, 0) is 0 Å². The summed E-state index contributed by atoms with van der Waals surface area (Å²) in [7, 11) is 0. The number of hydrogen-bond acceptors (Lipinski definition) is 8. The van der Waals surface area contributed by atoms with Crippen LogP contribution in [0.4, 0.5) is 21.8 Å². The summed E-state index contributed by atoms with van der Waals surface area (Å²) in [5, 5.41) is 21.5. The van der Waals surface area contributed by atoms with Crippen LogP contribution in [-0.4, -0.2) is 32.2 Å². The molecule has 0 aliphatic rings. The number of carbonyl (C=O) groups excluding carboxylic acids is 1. The first-order valence-corrected chi connectivity index (χ1v) is 9.59. The molecule has 0 atom stereocenters. The van der Waals surface area contributed by atoms with E-state index < -0.39 is 17.7 Å². The van der Waals surface area contributed by atoms with Crippen LogP contribution in [0.3, 0.4) is 0 Å². The van der Waals surface area contributed by atoms with Crippen molar-refractivity contribution >= 4 is 40.9 Å². The summed E-state index contributed by atoms with van der Waals surface area (Å²) >= 11 is 5.72. The Morgan fingerprint density at radius 1 is 1.03 bits per heavy atom. The summed E-state index contributed by atoms with van der Waals surface area (Å²) in [4.78, 5) is 27.3. The SMILES string of the molecule is O=C(O)c1ccc(Oc2ccc(NC(=O)c3nnc(Nc4ccc(F)c(Cl)c4)o3)cn2)cc1. The van der Waals surface area contributed by atoms with Crippen molar-refractivity contribution in [1.82, 2.24) is 15.2 Å². The van der Waals surface area contributed by atoms with E-state index >= 15 is 0 Å². The van der Waals surface area contributed by atoms with E-state index in [2.05, 4.69) is 25.8 Å². The number of benzene rings is 2. The number of nitrogens with one attached hydrogen (secondary N) is 2. The van der Waals surface area contributed by atoms with Gasteiger partial charge in [0.05, 0.1) is 22.5 Å². The third kappa shape index (κ3) is 5.40. The standard InChI is InChI=1S/C21H13ClFN5O5/c22-15-9-12(3-7-16(15)23)26-21-28-27-19(33-21)18(29)25-13-4-8-17(24-10-13)32-14-5-1-11(2-6-14)20(30)31/h1-10H,(H,25,29)(H,26,28)(H,30,31). The Kier molecular flexibility index (Phi) is 6.13.